The minimum absolute atomic E-state index is 0. The maximum atomic E-state index is 12.5. The van der Waals surface area contributed by atoms with Gasteiger partial charge >= 0.3 is 0 Å². The number of anilines is 1. The molecule has 31 heavy (non-hydrogen) atoms. The predicted molar refractivity (Wildman–Crippen MR) is 130 cm³/mol. The molecule has 7 nitrogen and oxygen atoms in total. The zero-order valence-electron chi connectivity index (χ0n) is 16.3. The summed E-state index contributed by atoms with van der Waals surface area (Å²) >= 11 is 6.67. The van der Waals surface area contributed by atoms with Crippen molar-refractivity contribution in [1.82, 2.24) is 10.3 Å². The fraction of sp³-hybridized carbons (Fsp3) is 0.143. The lowest BCUT2D eigenvalue weighted by Crippen LogP contribution is -2.29. The molecule has 0 aliphatic carbocycles. The quantitative estimate of drug-likeness (QED) is 0.319. The van der Waals surface area contributed by atoms with Gasteiger partial charge in [0.1, 0.15) is 18.1 Å². The minimum atomic E-state index is -0.295. The zero-order chi connectivity index (χ0) is 21.5. The number of ether oxygens (including phenoxy) is 1. The second kappa shape index (κ2) is 11.9. The largest absolute Gasteiger partial charge is 0.487 e. The van der Waals surface area contributed by atoms with E-state index in [1.54, 1.807) is 36.4 Å². The van der Waals surface area contributed by atoms with Crippen LogP contribution in [0.4, 0.5) is 5.69 Å². The van der Waals surface area contributed by atoms with E-state index >= 15 is 0 Å². The Morgan fingerprint density at radius 1 is 1.03 bits per heavy atom. The summed E-state index contributed by atoms with van der Waals surface area (Å²) in [5, 5.41) is 5.58. The number of aromatic nitrogens is 1. The summed E-state index contributed by atoms with van der Waals surface area (Å²) in [5.74, 6) is 0.0442. The summed E-state index contributed by atoms with van der Waals surface area (Å²) in [6, 6.07) is 16.0. The van der Waals surface area contributed by atoms with E-state index in [1.807, 2.05) is 18.2 Å². The first-order chi connectivity index (χ1) is 14.5. The van der Waals surface area contributed by atoms with Crippen LogP contribution in [-0.2, 0) is 6.61 Å². The van der Waals surface area contributed by atoms with Crippen molar-refractivity contribution < 1.29 is 14.3 Å². The lowest BCUT2D eigenvalue weighted by molar-refractivity contribution is 0.0953. The molecule has 2 amide bonds. The van der Waals surface area contributed by atoms with E-state index in [0.717, 1.165) is 10.0 Å². The topological polar surface area (TPSA) is 109 Å². The van der Waals surface area contributed by atoms with Crippen LogP contribution >= 0.6 is 44.3 Å². The van der Waals surface area contributed by atoms with Crippen LogP contribution < -0.4 is 21.1 Å². The van der Waals surface area contributed by atoms with Gasteiger partial charge in [-0.05, 0) is 67.8 Å². The van der Waals surface area contributed by atoms with Gasteiger partial charge in [0, 0.05) is 18.7 Å². The van der Waals surface area contributed by atoms with Gasteiger partial charge in [0.05, 0.1) is 14.8 Å². The molecule has 5 N–H and O–H groups in total. The van der Waals surface area contributed by atoms with Crippen molar-refractivity contribution in [2.45, 2.75) is 6.61 Å². The summed E-state index contributed by atoms with van der Waals surface area (Å²) < 4.78 is 7.35. The third kappa shape index (κ3) is 6.83. The van der Waals surface area contributed by atoms with E-state index in [4.69, 9.17) is 10.5 Å². The van der Waals surface area contributed by atoms with E-state index in [2.05, 4.69) is 47.5 Å². The Bertz CT molecular complexity index is 1040. The fourth-order valence-electron chi connectivity index (χ4n) is 2.66. The summed E-state index contributed by atoms with van der Waals surface area (Å²) in [5.41, 5.74) is 7.73. The average molecular weight is 573 g/mol. The first-order valence-electron chi connectivity index (χ1n) is 9.12. The third-order valence-electron chi connectivity index (χ3n) is 4.12. The first-order valence-corrected chi connectivity index (χ1v) is 10.7. The van der Waals surface area contributed by atoms with Crippen molar-refractivity contribution in [3.05, 3.63) is 80.5 Å². The van der Waals surface area contributed by atoms with Gasteiger partial charge in [-0.15, -0.1) is 12.4 Å². The molecular formula is C21H21Br2ClN4O3. The van der Waals surface area contributed by atoms with Gasteiger partial charge in [-0.1, -0.05) is 24.3 Å². The standard InChI is InChI=1S/C21H20Br2N4O3.ClH/c22-15-11-17(26-19(15)23)21(29)27-16-6-1-2-7-18(16)30-12-13-4-3-5-14(10-13)20(28)25-9-8-24;/h1-7,10-11,26H,8-9,12,24H2,(H,25,28)(H,27,29);1H. The Kier molecular flexibility index (Phi) is 9.57. The summed E-state index contributed by atoms with van der Waals surface area (Å²) in [4.78, 5) is 27.6. The van der Waals surface area contributed by atoms with Crippen LogP contribution in [0.15, 0.2) is 63.7 Å². The molecule has 3 rings (SSSR count). The van der Waals surface area contributed by atoms with Crippen LogP contribution in [0.3, 0.4) is 0 Å². The number of carbonyl (C=O) groups is 2. The normalized spacial score (nSPS) is 10.2. The van der Waals surface area contributed by atoms with E-state index in [9.17, 15) is 9.59 Å². The number of benzene rings is 2. The van der Waals surface area contributed by atoms with Gasteiger partial charge in [-0.2, -0.15) is 0 Å². The highest BCUT2D eigenvalue weighted by Gasteiger charge is 2.14. The highest BCUT2D eigenvalue weighted by atomic mass is 79.9. The Balaban J connectivity index is 0.00000341. The summed E-state index contributed by atoms with van der Waals surface area (Å²) in [6.07, 6.45) is 0. The predicted octanol–water partition coefficient (Wildman–Crippen LogP) is 4.48. The van der Waals surface area contributed by atoms with Gasteiger partial charge in [-0.3, -0.25) is 9.59 Å². The second-order valence-corrected chi connectivity index (χ2v) is 7.98. The number of rotatable bonds is 8. The molecule has 0 radical (unpaired) electrons. The third-order valence-corrected chi connectivity index (χ3v) is 5.90. The number of H-pyrrole nitrogens is 1. The number of hydrogen-bond acceptors (Lipinski definition) is 4. The number of para-hydroxylation sites is 2. The van der Waals surface area contributed by atoms with Crippen molar-refractivity contribution in [1.29, 1.82) is 0 Å². The molecule has 0 fully saturated rings. The number of aromatic amines is 1. The van der Waals surface area contributed by atoms with Crippen molar-refractivity contribution >= 4 is 61.8 Å². The molecule has 1 heterocycles. The Hall–Kier alpha value is -2.33. The molecule has 1 aromatic heterocycles. The number of nitrogens with two attached hydrogens (primary N) is 1. The zero-order valence-corrected chi connectivity index (χ0v) is 20.3. The minimum Gasteiger partial charge on any atom is -0.487 e. The second-order valence-electron chi connectivity index (χ2n) is 6.33. The lowest BCUT2D eigenvalue weighted by atomic mass is 10.1. The number of carbonyl (C=O) groups excluding carboxylic acids is 2. The molecule has 10 heteroatoms. The molecule has 164 valence electrons. The Labute approximate surface area is 202 Å². The van der Waals surface area contributed by atoms with Gasteiger partial charge in [0.2, 0.25) is 0 Å². The molecule has 0 spiro atoms. The van der Waals surface area contributed by atoms with Crippen LogP contribution in [0.25, 0.3) is 0 Å². The summed E-state index contributed by atoms with van der Waals surface area (Å²) in [6.45, 7) is 1.04. The van der Waals surface area contributed by atoms with Crippen LogP contribution in [0.1, 0.15) is 26.4 Å². The highest BCUT2D eigenvalue weighted by Crippen LogP contribution is 2.27. The van der Waals surface area contributed by atoms with Crippen LogP contribution in [0.2, 0.25) is 0 Å². The van der Waals surface area contributed by atoms with Gasteiger partial charge in [0.15, 0.2) is 0 Å². The smallest absolute Gasteiger partial charge is 0.272 e. The fourth-order valence-corrected chi connectivity index (χ4v) is 3.32. The molecule has 0 bridgehead atoms. The SMILES string of the molecule is Cl.NCCNC(=O)c1cccc(COc2ccccc2NC(=O)c2cc(Br)c(Br)[nH]2)c1. The molecule has 0 saturated carbocycles. The van der Waals surface area contributed by atoms with Crippen LogP contribution in [0, 0.1) is 0 Å². The monoisotopic (exact) mass is 570 g/mol. The van der Waals surface area contributed by atoms with Crippen molar-refractivity contribution in [2.75, 3.05) is 18.4 Å². The van der Waals surface area contributed by atoms with E-state index in [0.29, 0.717) is 40.4 Å². The van der Waals surface area contributed by atoms with Gasteiger partial charge in [-0.25, -0.2) is 0 Å². The Morgan fingerprint density at radius 3 is 2.52 bits per heavy atom. The van der Waals surface area contributed by atoms with Gasteiger partial charge in [0.25, 0.3) is 11.8 Å². The number of amides is 2. The van der Waals surface area contributed by atoms with Crippen molar-refractivity contribution in [3.63, 3.8) is 0 Å². The van der Waals surface area contributed by atoms with Crippen LogP contribution in [-0.4, -0.2) is 29.9 Å². The molecule has 0 aliphatic rings. The molecular weight excluding hydrogens is 552 g/mol. The molecule has 3 aromatic rings. The first kappa shape index (κ1) is 24.9. The molecule has 0 saturated heterocycles. The van der Waals surface area contributed by atoms with E-state index < -0.39 is 0 Å². The molecule has 0 aliphatic heterocycles. The molecule has 0 unspecified atom stereocenters. The number of hydrogen-bond donors (Lipinski definition) is 4. The van der Waals surface area contributed by atoms with Crippen molar-refractivity contribution in [3.8, 4) is 5.75 Å². The lowest BCUT2D eigenvalue weighted by Gasteiger charge is -2.13. The molecule has 0 atom stereocenters. The average Bonchev–Trinajstić information content (AvgIpc) is 3.10. The van der Waals surface area contributed by atoms with Gasteiger partial charge < -0.3 is 26.1 Å². The number of halogens is 3. The maximum Gasteiger partial charge on any atom is 0.272 e. The van der Waals surface area contributed by atoms with Crippen LogP contribution in [0.5, 0.6) is 5.75 Å². The molecule has 2 aromatic carbocycles. The number of nitrogens with one attached hydrogen (secondary N) is 3. The van der Waals surface area contributed by atoms with E-state index in [-0.39, 0.29) is 30.8 Å². The highest BCUT2D eigenvalue weighted by molar-refractivity contribution is 9.13. The Morgan fingerprint density at radius 2 is 1.81 bits per heavy atom. The maximum absolute atomic E-state index is 12.5. The van der Waals surface area contributed by atoms with Crippen molar-refractivity contribution in [2.24, 2.45) is 5.73 Å². The summed E-state index contributed by atoms with van der Waals surface area (Å²) in [7, 11) is 0. The van der Waals surface area contributed by atoms with E-state index in [1.165, 1.54) is 0 Å².